The molecule has 2 aromatic carbocycles. The Morgan fingerprint density at radius 3 is 2.21 bits per heavy atom. The molecule has 2 heterocycles. The molecule has 1 fully saturated rings. The first-order chi connectivity index (χ1) is 11.6. The van der Waals surface area contributed by atoms with Crippen LogP contribution in [-0.4, -0.2) is 45.8 Å². The molecule has 1 saturated heterocycles. The summed E-state index contributed by atoms with van der Waals surface area (Å²) < 4.78 is 2.15. The van der Waals surface area contributed by atoms with Crippen molar-refractivity contribution in [3.8, 4) is 0 Å². The van der Waals surface area contributed by atoms with Gasteiger partial charge in [0.1, 0.15) is 0 Å². The van der Waals surface area contributed by atoms with Crippen LogP contribution in [0.5, 0.6) is 0 Å². The predicted octanol–water partition coefficient (Wildman–Crippen LogP) is 2.57. The van der Waals surface area contributed by atoms with Crippen LogP contribution in [0.4, 0.5) is 4.79 Å². The second kappa shape index (κ2) is 5.83. The average Bonchev–Trinajstić information content (AvgIpc) is 3.06. The summed E-state index contributed by atoms with van der Waals surface area (Å²) in [6.07, 6.45) is -0.611. The number of urea groups is 1. The van der Waals surface area contributed by atoms with Crippen LogP contribution in [0.15, 0.2) is 48.5 Å². The van der Waals surface area contributed by atoms with Gasteiger partial charge in [0.15, 0.2) is 0 Å². The number of β-amino-alcohol motifs (C(OH)–C–C–N with tert-alkyl or cyclic N) is 1. The van der Waals surface area contributed by atoms with E-state index in [1.54, 1.807) is 4.90 Å². The molecule has 1 aliphatic heterocycles. The summed E-state index contributed by atoms with van der Waals surface area (Å²) in [5, 5.41) is 15.8. The fourth-order valence-electron chi connectivity index (χ4n) is 3.64. The first-order valence-electron chi connectivity index (χ1n) is 8.33. The zero-order chi connectivity index (χ0) is 16.7. The van der Waals surface area contributed by atoms with Gasteiger partial charge >= 0.3 is 6.03 Å². The van der Waals surface area contributed by atoms with Crippen molar-refractivity contribution in [3.63, 3.8) is 0 Å². The van der Waals surface area contributed by atoms with Gasteiger partial charge in [0, 0.05) is 34.4 Å². The third-order valence-corrected chi connectivity index (χ3v) is 4.66. The van der Waals surface area contributed by atoms with Crippen LogP contribution in [0.2, 0.25) is 0 Å². The molecule has 3 aromatic rings. The van der Waals surface area contributed by atoms with Crippen LogP contribution < -0.4 is 5.32 Å². The van der Waals surface area contributed by atoms with Crippen molar-refractivity contribution in [3.05, 3.63) is 48.5 Å². The number of hydrogen-bond acceptors (Lipinski definition) is 2. The fourth-order valence-corrected chi connectivity index (χ4v) is 3.64. The number of para-hydroxylation sites is 2. The van der Waals surface area contributed by atoms with Crippen LogP contribution in [0.3, 0.4) is 0 Å². The molecular weight excluding hydrogens is 302 g/mol. The van der Waals surface area contributed by atoms with E-state index in [1.807, 2.05) is 31.2 Å². The van der Waals surface area contributed by atoms with Crippen LogP contribution in [0.1, 0.15) is 6.92 Å². The van der Waals surface area contributed by atoms with Gasteiger partial charge < -0.3 is 19.9 Å². The summed E-state index contributed by atoms with van der Waals surface area (Å²) in [4.78, 5) is 13.5. The van der Waals surface area contributed by atoms with E-state index in [-0.39, 0.29) is 12.1 Å². The zero-order valence-electron chi connectivity index (χ0n) is 13.6. The van der Waals surface area contributed by atoms with Gasteiger partial charge in [-0.1, -0.05) is 36.4 Å². The van der Waals surface area contributed by atoms with Crippen LogP contribution in [-0.2, 0) is 6.54 Å². The van der Waals surface area contributed by atoms with Gasteiger partial charge in [-0.3, -0.25) is 0 Å². The molecule has 1 aliphatic rings. The number of aliphatic hydroxyl groups excluding tert-OH is 1. The quantitative estimate of drug-likeness (QED) is 0.775. The van der Waals surface area contributed by atoms with Crippen molar-refractivity contribution >= 4 is 27.8 Å². The van der Waals surface area contributed by atoms with Crippen molar-refractivity contribution in [2.24, 2.45) is 0 Å². The number of carbonyl (C=O) groups is 1. The van der Waals surface area contributed by atoms with E-state index in [0.717, 1.165) is 11.0 Å². The minimum Gasteiger partial charge on any atom is -0.389 e. The summed E-state index contributed by atoms with van der Waals surface area (Å²) in [7, 11) is 0. The van der Waals surface area contributed by atoms with Crippen molar-refractivity contribution in [2.45, 2.75) is 25.6 Å². The van der Waals surface area contributed by atoms with E-state index in [0.29, 0.717) is 19.6 Å². The van der Waals surface area contributed by atoms with Gasteiger partial charge in [-0.2, -0.15) is 0 Å². The van der Waals surface area contributed by atoms with Crippen molar-refractivity contribution in [1.29, 1.82) is 0 Å². The number of benzene rings is 2. The first kappa shape index (κ1) is 15.0. The van der Waals surface area contributed by atoms with E-state index in [9.17, 15) is 9.90 Å². The molecule has 0 spiro atoms. The van der Waals surface area contributed by atoms with Crippen LogP contribution in [0.25, 0.3) is 21.8 Å². The van der Waals surface area contributed by atoms with E-state index in [4.69, 9.17) is 0 Å². The van der Waals surface area contributed by atoms with Crippen molar-refractivity contribution < 1.29 is 9.90 Å². The number of carbonyl (C=O) groups excluding carboxylic acids is 1. The molecule has 0 saturated carbocycles. The SMILES string of the molecule is C[C@@H]1CN(C[C@@H](O)Cn2c3ccccc3c3ccccc32)C(=O)N1. The van der Waals surface area contributed by atoms with Gasteiger partial charge in [0.2, 0.25) is 0 Å². The van der Waals surface area contributed by atoms with Crippen LogP contribution >= 0.6 is 0 Å². The minimum absolute atomic E-state index is 0.0937. The maximum atomic E-state index is 11.8. The normalized spacial score (nSPS) is 19.2. The first-order valence-corrected chi connectivity index (χ1v) is 8.33. The molecule has 4 rings (SSSR count). The highest BCUT2D eigenvalue weighted by atomic mass is 16.3. The van der Waals surface area contributed by atoms with E-state index in [2.05, 4.69) is 34.1 Å². The molecule has 1 aromatic heterocycles. The van der Waals surface area contributed by atoms with Gasteiger partial charge in [-0.15, -0.1) is 0 Å². The van der Waals surface area contributed by atoms with Gasteiger partial charge in [-0.25, -0.2) is 4.79 Å². The molecule has 124 valence electrons. The smallest absolute Gasteiger partial charge is 0.317 e. The molecule has 5 heteroatoms. The third-order valence-electron chi connectivity index (χ3n) is 4.66. The summed E-state index contributed by atoms with van der Waals surface area (Å²) in [5.41, 5.74) is 2.22. The highest BCUT2D eigenvalue weighted by molar-refractivity contribution is 6.07. The highest BCUT2D eigenvalue weighted by Gasteiger charge is 2.27. The van der Waals surface area contributed by atoms with Gasteiger partial charge in [0.25, 0.3) is 0 Å². The topological polar surface area (TPSA) is 57.5 Å². The Morgan fingerprint density at radius 1 is 1.08 bits per heavy atom. The number of aromatic nitrogens is 1. The Labute approximate surface area is 140 Å². The summed E-state index contributed by atoms with van der Waals surface area (Å²) >= 11 is 0. The number of rotatable bonds is 4. The number of amides is 2. The molecule has 24 heavy (non-hydrogen) atoms. The fraction of sp³-hybridized carbons (Fsp3) is 0.316. The molecule has 2 amide bonds. The number of aliphatic hydroxyl groups is 1. The molecular formula is C19H21N3O2. The number of nitrogens with one attached hydrogen (secondary N) is 1. The van der Waals surface area contributed by atoms with Gasteiger partial charge in [-0.05, 0) is 19.1 Å². The van der Waals surface area contributed by atoms with E-state index < -0.39 is 6.10 Å². The molecule has 2 atom stereocenters. The molecule has 0 aliphatic carbocycles. The third kappa shape index (κ3) is 2.51. The average molecular weight is 323 g/mol. The Balaban J connectivity index is 1.65. The lowest BCUT2D eigenvalue weighted by molar-refractivity contribution is 0.117. The summed E-state index contributed by atoms with van der Waals surface area (Å²) in [5.74, 6) is 0. The Kier molecular flexibility index (Phi) is 3.65. The maximum Gasteiger partial charge on any atom is 0.317 e. The van der Waals surface area contributed by atoms with E-state index in [1.165, 1.54) is 10.8 Å². The molecule has 0 unspecified atom stereocenters. The summed E-state index contributed by atoms with van der Waals surface area (Å²) in [6.45, 7) is 3.42. The van der Waals surface area contributed by atoms with Crippen molar-refractivity contribution in [2.75, 3.05) is 13.1 Å². The highest BCUT2D eigenvalue weighted by Crippen LogP contribution is 2.28. The van der Waals surface area contributed by atoms with Crippen molar-refractivity contribution in [1.82, 2.24) is 14.8 Å². The molecule has 2 N–H and O–H groups in total. The summed E-state index contributed by atoms with van der Waals surface area (Å²) in [6, 6.07) is 16.5. The predicted molar refractivity (Wildman–Crippen MR) is 95.0 cm³/mol. The van der Waals surface area contributed by atoms with Crippen LogP contribution in [0, 0.1) is 0 Å². The Bertz CT molecular complexity index is 849. The molecule has 0 radical (unpaired) electrons. The van der Waals surface area contributed by atoms with E-state index >= 15 is 0 Å². The molecule has 0 bridgehead atoms. The lowest BCUT2D eigenvalue weighted by Gasteiger charge is -2.20. The molecule has 5 nitrogen and oxygen atoms in total. The minimum atomic E-state index is -0.611. The zero-order valence-corrected chi connectivity index (χ0v) is 13.6. The lowest BCUT2D eigenvalue weighted by Crippen LogP contribution is -2.36. The monoisotopic (exact) mass is 323 g/mol. The number of fused-ring (bicyclic) bond motifs is 3. The van der Waals surface area contributed by atoms with Gasteiger partial charge in [0.05, 0.1) is 19.2 Å². The lowest BCUT2D eigenvalue weighted by atomic mass is 10.2. The number of nitrogens with zero attached hydrogens (tertiary/aromatic N) is 2. The maximum absolute atomic E-state index is 11.8. The Hall–Kier alpha value is -2.53. The standard InChI is InChI=1S/C19H21N3O2/c1-13-10-21(19(24)20-13)11-14(23)12-22-17-8-4-2-6-15(17)16-7-3-5-9-18(16)22/h2-9,13-14,23H,10-12H2,1H3,(H,20,24)/t13-,14-/m1/s1. The largest absolute Gasteiger partial charge is 0.389 e. The second-order valence-electron chi connectivity index (χ2n) is 6.55. The number of hydrogen-bond donors (Lipinski definition) is 2. The Morgan fingerprint density at radius 2 is 1.67 bits per heavy atom. The second-order valence-corrected chi connectivity index (χ2v) is 6.55.